The van der Waals surface area contributed by atoms with Crippen LogP contribution in [0.1, 0.15) is 11.1 Å². The first kappa shape index (κ1) is 17.4. The fraction of sp³-hybridized carbons (Fsp3) is 0.0588. The maximum Gasteiger partial charge on any atom is 0.286 e. The highest BCUT2D eigenvalue weighted by molar-refractivity contribution is 8.15. The average molecular weight is 400 g/mol. The van der Waals surface area contributed by atoms with Gasteiger partial charge in [-0.3, -0.25) is 4.79 Å². The molecule has 27 heavy (non-hydrogen) atoms. The Morgan fingerprint density at radius 3 is 2.67 bits per heavy atom. The van der Waals surface area contributed by atoms with E-state index >= 15 is 0 Å². The van der Waals surface area contributed by atoms with Crippen LogP contribution >= 0.6 is 11.8 Å². The number of amidine groups is 1. The Balaban J connectivity index is 1.47. The lowest BCUT2D eigenvalue weighted by Gasteiger charge is -2.05. The molecular weight excluding hydrogens is 388 g/mol. The molecule has 0 aliphatic carbocycles. The molecule has 2 aromatic carbocycles. The molecule has 2 aromatic rings. The molecule has 2 heterocycles. The van der Waals surface area contributed by atoms with E-state index in [-0.39, 0.29) is 16.7 Å². The van der Waals surface area contributed by atoms with Crippen molar-refractivity contribution in [2.45, 2.75) is 4.90 Å². The number of fused-ring (bicyclic) bond motifs is 1. The van der Waals surface area contributed by atoms with Gasteiger partial charge in [0.2, 0.25) is 11.8 Å². The molecule has 1 fully saturated rings. The fourth-order valence-corrected chi connectivity index (χ4v) is 4.18. The number of hydrogen-bond donors (Lipinski definition) is 1. The molecule has 0 atom stereocenters. The van der Waals surface area contributed by atoms with Gasteiger partial charge in [-0.1, -0.05) is 23.9 Å². The van der Waals surface area contributed by atoms with Crippen molar-refractivity contribution in [1.29, 1.82) is 0 Å². The van der Waals surface area contributed by atoms with Gasteiger partial charge >= 0.3 is 0 Å². The Morgan fingerprint density at radius 1 is 1.15 bits per heavy atom. The molecule has 10 heteroatoms. The third-order valence-electron chi connectivity index (χ3n) is 3.63. The molecule has 1 N–H and O–H groups in total. The second-order valence-electron chi connectivity index (χ2n) is 5.53. The lowest BCUT2D eigenvalue weighted by atomic mass is 10.2. The molecule has 1 saturated heterocycles. The smallest absolute Gasteiger partial charge is 0.286 e. The van der Waals surface area contributed by atoms with Crippen molar-refractivity contribution in [3.8, 4) is 5.75 Å². The van der Waals surface area contributed by atoms with Crippen molar-refractivity contribution >= 4 is 45.0 Å². The van der Waals surface area contributed by atoms with E-state index in [1.807, 2.05) is 0 Å². The van der Waals surface area contributed by atoms with Crippen LogP contribution in [0.2, 0.25) is 0 Å². The van der Waals surface area contributed by atoms with E-state index in [0.29, 0.717) is 22.2 Å². The maximum atomic E-state index is 12.0. The number of thioether (sulfide) groups is 1. The highest BCUT2D eigenvalue weighted by Crippen LogP contribution is 2.27. The molecule has 0 unspecified atom stereocenters. The van der Waals surface area contributed by atoms with E-state index in [2.05, 4.69) is 19.9 Å². The molecule has 0 bridgehead atoms. The van der Waals surface area contributed by atoms with E-state index in [1.54, 1.807) is 42.5 Å². The van der Waals surface area contributed by atoms with Gasteiger partial charge in [0, 0.05) is 0 Å². The largest absolute Gasteiger partial charge is 0.438 e. The Labute approximate surface area is 159 Å². The van der Waals surface area contributed by atoms with Gasteiger partial charge in [0.25, 0.3) is 10.0 Å². The van der Waals surface area contributed by atoms with E-state index in [9.17, 15) is 13.2 Å². The van der Waals surface area contributed by atoms with Crippen LogP contribution in [0.15, 0.2) is 68.0 Å². The minimum atomic E-state index is -3.71. The zero-order valence-corrected chi connectivity index (χ0v) is 15.3. The normalized spacial score (nSPS) is 19.2. The molecule has 2 aliphatic heterocycles. The number of carbonyl (C=O) groups excluding carboxylic acids is 1. The molecule has 4 rings (SSSR count). The van der Waals surface area contributed by atoms with Crippen molar-refractivity contribution in [2.24, 2.45) is 14.6 Å². The molecular formula is C17H12N4O4S2. The van der Waals surface area contributed by atoms with Crippen molar-refractivity contribution in [3.05, 3.63) is 59.7 Å². The van der Waals surface area contributed by atoms with Gasteiger partial charge in [0.05, 0.1) is 17.5 Å². The van der Waals surface area contributed by atoms with Crippen molar-refractivity contribution in [1.82, 2.24) is 5.32 Å². The second-order valence-corrected chi connectivity index (χ2v) is 8.06. The minimum Gasteiger partial charge on any atom is -0.438 e. The number of nitrogens with one attached hydrogen (secondary N) is 1. The zero-order chi connectivity index (χ0) is 18.9. The van der Waals surface area contributed by atoms with Crippen LogP contribution in [0.25, 0.3) is 0 Å². The molecule has 0 saturated carbocycles. The lowest BCUT2D eigenvalue weighted by molar-refractivity contribution is -0.116. The number of ether oxygens (including phenoxy) is 1. The van der Waals surface area contributed by atoms with Crippen molar-refractivity contribution in [3.63, 3.8) is 0 Å². The van der Waals surface area contributed by atoms with Crippen LogP contribution in [0.4, 0.5) is 0 Å². The van der Waals surface area contributed by atoms with Crippen molar-refractivity contribution < 1.29 is 17.9 Å². The predicted molar refractivity (Wildman–Crippen MR) is 103 cm³/mol. The van der Waals surface area contributed by atoms with E-state index in [1.165, 1.54) is 24.0 Å². The van der Waals surface area contributed by atoms with Crippen LogP contribution in [-0.4, -0.2) is 37.4 Å². The number of sulfonamides is 1. The van der Waals surface area contributed by atoms with Crippen LogP contribution < -0.4 is 10.1 Å². The molecule has 8 nitrogen and oxygen atoms in total. The fourth-order valence-electron chi connectivity index (χ4n) is 2.41. The minimum absolute atomic E-state index is 0.0485. The van der Waals surface area contributed by atoms with Crippen LogP contribution in [0.5, 0.6) is 5.75 Å². The molecule has 1 amide bonds. The van der Waals surface area contributed by atoms with Crippen LogP contribution in [0.3, 0.4) is 0 Å². The van der Waals surface area contributed by atoms with Crippen LogP contribution in [0, 0.1) is 0 Å². The molecule has 0 spiro atoms. The molecule has 136 valence electrons. The Kier molecular flexibility index (Phi) is 4.50. The first-order valence-corrected chi connectivity index (χ1v) is 10.2. The van der Waals surface area contributed by atoms with Gasteiger partial charge in [-0.15, -0.1) is 9.50 Å². The van der Waals surface area contributed by atoms with E-state index in [4.69, 9.17) is 4.74 Å². The molecule has 2 aliphatic rings. The van der Waals surface area contributed by atoms with Gasteiger partial charge in [0.15, 0.2) is 5.17 Å². The topological polar surface area (TPSA) is 110 Å². The van der Waals surface area contributed by atoms with Crippen LogP contribution in [-0.2, 0) is 14.8 Å². The summed E-state index contributed by atoms with van der Waals surface area (Å²) in [5.74, 6) is 0.757. The standard InChI is InChI=1S/C17H12N4O4S2/c22-15-10-26-17(19-15)20-18-9-11-5-7-12(8-6-11)25-16-13-3-1-2-4-14(13)27(23,24)21-16/h1-9H,10H2,(H,19,20,22). The number of hydrogen-bond acceptors (Lipinski definition) is 7. The summed E-state index contributed by atoms with van der Waals surface area (Å²) in [5, 5.41) is 10.9. The maximum absolute atomic E-state index is 12.0. The highest BCUT2D eigenvalue weighted by atomic mass is 32.2. The quantitative estimate of drug-likeness (QED) is 0.624. The van der Waals surface area contributed by atoms with Gasteiger partial charge in [0.1, 0.15) is 10.6 Å². The summed E-state index contributed by atoms with van der Waals surface area (Å²) in [5.41, 5.74) is 1.21. The summed E-state index contributed by atoms with van der Waals surface area (Å²) in [6.45, 7) is 0. The number of benzene rings is 2. The summed E-state index contributed by atoms with van der Waals surface area (Å²) < 4.78 is 33.4. The highest BCUT2D eigenvalue weighted by Gasteiger charge is 2.29. The Morgan fingerprint density at radius 2 is 1.93 bits per heavy atom. The summed E-state index contributed by atoms with van der Waals surface area (Å²) in [4.78, 5) is 11.2. The van der Waals surface area contributed by atoms with Gasteiger partial charge in [-0.25, -0.2) is 0 Å². The summed E-state index contributed by atoms with van der Waals surface area (Å²) >= 11 is 1.29. The zero-order valence-electron chi connectivity index (χ0n) is 13.7. The molecule has 0 aromatic heterocycles. The average Bonchev–Trinajstić information content (AvgIpc) is 3.18. The number of nitrogens with zero attached hydrogens (tertiary/aromatic N) is 3. The third kappa shape index (κ3) is 3.76. The van der Waals surface area contributed by atoms with Crippen molar-refractivity contribution in [2.75, 3.05) is 5.75 Å². The Bertz CT molecular complexity index is 1110. The number of rotatable bonds is 3. The summed E-state index contributed by atoms with van der Waals surface area (Å²) in [6.07, 6.45) is 1.54. The van der Waals surface area contributed by atoms with E-state index in [0.717, 1.165) is 5.56 Å². The Hall–Kier alpha value is -2.98. The number of carbonyl (C=O) groups is 1. The van der Waals surface area contributed by atoms with Gasteiger partial charge < -0.3 is 10.1 Å². The lowest BCUT2D eigenvalue weighted by Crippen LogP contribution is -2.19. The third-order valence-corrected chi connectivity index (χ3v) is 5.82. The molecule has 0 radical (unpaired) electrons. The predicted octanol–water partition coefficient (Wildman–Crippen LogP) is 1.77. The number of amides is 1. The van der Waals surface area contributed by atoms with Gasteiger partial charge in [-0.05, 0) is 42.0 Å². The monoisotopic (exact) mass is 400 g/mol. The van der Waals surface area contributed by atoms with Gasteiger partial charge in [-0.2, -0.15) is 13.5 Å². The summed E-state index contributed by atoms with van der Waals surface area (Å²) in [7, 11) is -3.71. The first-order chi connectivity index (χ1) is 13.0. The summed E-state index contributed by atoms with van der Waals surface area (Å²) in [6, 6.07) is 13.4. The first-order valence-electron chi connectivity index (χ1n) is 7.77. The SMILES string of the molecule is O=C1CSC(=NN=Cc2ccc(OC3=NS(=O)(=O)c4ccccc43)cc2)N1. The second kappa shape index (κ2) is 6.97. The van der Waals surface area contributed by atoms with E-state index < -0.39 is 10.0 Å².